The molecule has 0 spiro atoms. The number of hydrogen-bond donors (Lipinski definition) is 0. The van der Waals surface area contributed by atoms with Gasteiger partial charge in [-0.2, -0.15) is 0 Å². The molecule has 0 aliphatic heterocycles. The van der Waals surface area contributed by atoms with Crippen LogP contribution in [0.25, 0.3) is 66.8 Å². The van der Waals surface area contributed by atoms with Crippen molar-refractivity contribution in [2.75, 3.05) is 0 Å². The summed E-state index contributed by atoms with van der Waals surface area (Å²) >= 11 is 0. The predicted molar refractivity (Wildman–Crippen MR) is 265 cm³/mol. The molecule has 0 unspecified atom stereocenters. The third-order valence-corrected chi connectivity index (χ3v) is 11.4. The van der Waals surface area contributed by atoms with Crippen LogP contribution in [0.1, 0.15) is 81.6 Å². The summed E-state index contributed by atoms with van der Waals surface area (Å²) < 4.78 is 192. The third kappa shape index (κ3) is 9.83. The predicted octanol–water partition coefficient (Wildman–Crippen LogP) is 15.1. The van der Waals surface area contributed by atoms with E-state index in [4.69, 9.17) is 14.0 Å². The standard InChI is InChI=1S/C61H47F3N3O.Ir/c1-60(2,50-37-66-55(32-52(50)62)44-17-10-6-11-18-44)34-41-29-40(30-42(31-41)35-61(3,4)51-38-67-56(33-53(51)63)45-19-12-7-13-20-45)24-23-39-25-28-54(65-36-39)49-22-14-21-47-48-27-26-46(43-15-8-5-9-16-43)57(64)59(48)68-58(47)49;/h5-17,19,21,25-33,36-38H,23-24,34-35H2,1-4H3;/q-3;+3/i5D,8D,9D,15D,16D,23D2,24D2,32D,33D,34D2,35D2;. The van der Waals surface area contributed by atoms with Gasteiger partial charge in [-0.1, -0.05) is 111 Å². The SMILES string of the molecule is [2H]c1c([2H])c([2H])c(-c2ccc3c(oc4c(-c5ccc(C([2H])([2H])C([2H])([2H])c6cc(C([2H])([2H])C(C)(C)c7cnc(-c8[c-]cccc8)c([2H])c7F)cc(C([2H])([2H])C(C)(C)c7cnc(-c8[c-]cccc8)c([2H])c7F)c6)cn5)[c-]ccc43)c2F)c([2H])c1[2H].[Ir+3]. The Hall–Kier alpha value is -6.99. The Morgan fingerprint density at radius 2 is 1.14 bits per heavy atom. The second-order valence-electron chi connectivity index (χ2n) is 17.0. The van der Waals surface area contributed by atoms with Crippen LogP contribution in [0.5, 0.6) is 0 Å². The first-order chi connectivity index (χ1) is 38.9. The minimum Gasteiger partial charge on any atom is -0.497 e. The van der Waals surface area contributed by atoms with Crippen LogP contribution in [-0.2, 0) is 56.4 Å². The summed E-state index contributed by atoms with van der Waals surface area (Å²) in [6.07, 6.45) is -8.69. The molecule has 342 valence electrons. The average molecular weight is 1100 g/mol. The van der Waals surface area contributed by atoms with Crippen LogP contribution in [0, 0.1) is 35.7 Å². The van der Waals surface area contributed by atoms with Crippen molar-refractivity contribution in [3.63, 3.8) is 0 Å². The topological polar surface area (TPSA) is 51.8 Å². The zero-order valence-electron chi connectivity index (χ0n) is 52.3. The molecule has 0 saturated carbocycles. The number of furan rings is 1. The van der Waals surface area contributed by atoms with E-state index in [1.54, 1.807) is 54.6 Å². The van der Waals surface area contributed by atoms with E-state index in [1.807, 2.05) is 0 Å². The van der Waals surface area contributed by atoms with E-state index in [-0.39, 0.29) is 87.1 Å². The van der Waals surface area contributed by atoms with Crippen LogP contribution in [0.3, 0.4) is 0 Å². The van der Waals surface area contributed by atoms with E-state index < -0.39 is 113 Å². The Labute approximate surface area is 435 Å². The van der Waals surface area contributed by atoms with Crippen LogP contribution in [0.2, 0.25) is 0 Å². The fourth-order valence-corrected chi connectivity index (χ4v) is 8.01. The number of pyridine rings is 3. The van der Waals surface area contributed by atoms with Crippen LogP contribution in [0.4, 0.5) is 13.2 Å². The molecule has 10 rings (SSSR count). The maximum absolute atomic E-state index is 16.6. The number of aromatic nitrogens is 3. The van der Waals surface area contributed by atoms with Gasteiger partial charge in [0.15, 0.2) is 11.4 Å². The zero-order chi connectivity index (χ0) is 60.3. The van der Waals surface area contributed by atoms with Crippen molar-refractivity contribution in [3.8, 4) is 44.9 Å². The zero-order valence-corrected chi connectivity index (χ0v) is 39.7. The quantitative estimate of drug-likeness (QED) is 0.108. The molecule has 0 aliphatic rings. The molecule has 0 N–H and O–H groups in total. The first-order valence-corrected chi connectivity index (χ1v) is 21.4. The molecule has 8 heteroatoms. The van der Waals surface area contributed by atoms with Crippen LogP contribution < -0.4 is 0 Å². The first kappa shape index (κ1) is 31.9. The van der Waals surface area contributed by atoms with Crippen molar-refractivity contribution in [2.24, 2.45) is 0 Å². The second-order valence-corrected chi connectivity index (χ2v) is 17.0. The van der Waals surface area contributed by atoms with Crippen molar-refractivity contribution in [2.45, 2.75) is 64.0 Å². The van der Waals surface area contributed by atoms with Gasteiger partial charge in [-0.25, -0.2) is 13.2 Å². The number of hydrogen-bond acceptors (Lipinski definition) is 4. The van der Waals surface area contributed by atoms with Crippen LogP contribution in [-0.4, -0.2) is 15.0 Å². The van der Waals surface area contributed by atoms with Crippen molar-refractivity contribution < 1.29 is 58.3 Å². The molecule has 10 aromatic rings. The fourth-order valence-electron chi connectivity index (χ4n) is 8.01. The Kier molecular flexibility index (Phi) is 9.05. The maximum atomic E-state index is 16.6. The molecule has 4 nitrogen and oxygen atoms in total. The van der Waals surface area contributed by atoms with Crippen LogP contribution >= 0.6 is 0 Å². The van der Waals surface area contributed by atoms with Gasteiger partial charge in [0.2, 0.25) is 0 Å². The van der Waals surface area contributed by atoms with Crippen LogP contribution in [0.15, 0.2) is 168 Å². The molecule has 0 radical (unpaired) electrons. The molecular weight excluding hydrogens is 1040 g/mol. The molecule has 6 aromatic carbocycles. The molecule has 4 aromatic heterocycles. The Balaban J connectivity index is 0.00000846. The van der Waals surface area contributed by atoms with Gasteiger partial charge < -0.3 is 19.4 Å². The summed E-state index contributed by atoms with van der Waals surface area (Å²) in [6.45, 7) is 5.32. The Morgan fingerprint density at radius 1 is 0.580 bits per heavy atom. The van der Waals surface area contributed by atoms with Gasteiger partial charge in [0.05, 0.1) is 15.2 Å². The van der Waals surface area contributed by atoms with E-state index in [0.29, 0.717) is 16.5 Å². The van der Waals surface area contributed by atoms with Gasteiger partial charge in [-0.05, 0) is 93.3 Å². The molecule has 0 saturated heterocycles. The van der Waals surface area contributed by atoms with Crippen molar-refractivity contribution in [1.29, 1.82) is 0 Å². The summed E-state index contributed by atoms with van der Waals surface area (Å²) in [7, 11) is 0. The number of fused-ring (bicyclic) bond motifs is 3. The number of nitrogens with zero attached hydrogens (tertiary/aromatic N) is 3. The van der Waals surface area contributed by atoms with Crippen molar-refractivity contribution in [3.05, 3.63) is 233 Å². The fraction of sp³-hybridized carbons (Fsp3) is 0.164. The normalized spacial score (nSPS) is 15.8. The van der Waals surface area contributed by atoms with E-state index in [1.165, 1.54) is 58.0 Å². The summed E-state index contributed by atoms with van der Waals surface area (Å²) in [5.74, 6) is -3.25. The van der Waals surface area contributed by atoms with Crippen molar-refractivity contribution in [1.82, 2.24) is 15.0 Å². The first-order valence-electron chi connectivity index (χ1n) is 28.9. The molecule has 4 heterocycles. The Bertz CT molecular complexity index is 4080. The number of benzene rings is 6. The molecule has 69 heavy (non-hydrogen) atoms. The monoisotopic (exact) mass is 1100 g/mol. The summed E-state index contributed by atoms with van der Waals surface area (Å²) in [5.41, 5.74) is -6.72. The van der Waals surface area contributed by atoms with E-state index in [0.717, 1.165) is 36.8 Å². The number of aryl methyl sites for hydroxylation is 2. The van der Waals surface area contributed by atoms with E-state index in [9.17, 15) is 11.0 Å². The smallest absolute Gasteiger partial charge is 0.497 e. The number of rotatable bonds is 13. The maximum Gasteiger partial charge on any atom is 3.00 e. The number of halogens is 3. The van der Waals surface area contributed by atoms with E-state index >= 15 is 13.2 Å². The molecule has 0 fully saturated rings. The van der Waals surface area contributed by atoms with Gasteiger partial charge >= 0.3 is 20.1 Å². The van der Waals surface area contributed by atoms with Gasteiger partial charge in [-0.3, -0.25) is 0 Å². The summed E-state index contributed by atoms with van der Waals surface area (Å²) in [5, 5.41) is 0.640. The van der Waals surface area contributed by atoms with Gasteiger partial charge in [0.25, 0.3) is 0 Å². The van der Waals surface area contributed by atoms with Gasteiger partial charge in [0.1, 0.15) is 11.6 Å². The van der Waals surface area contributed by atoms with E-state index in [2.05, 4.69) is 33.2 Å². The van der Waals surface area contributed by atoms with Gasteiger partial charge in [0, 0.05) is 51.6 Å². The molecule has 0 atom stereocenters. The van der Waals surface area contributed by atoms with Gasteiger partial charge in [-0.15, -0.1) is 90.0 Å². The third-order valence-electron chi connectivity index (χ3n) is 11.4. The molecular formula is C61H47F3IrN3O. The minimum atomic E-state index is -3.20. The molecule has 0 aliphatic carbocycles. The average Bonchev–Trinajstić information content (AvgIpc) is 1.12. The second kappa shape index (κ2) is 19.5. The summed E-state index contributed by atoms with van der Waals surface area (Å²) in [6, 6.07) is 28.8. The molecule has 0 amide bonds. The summed E-state index contributed by atoms with van der Waals surface area (Å²) in [4.78, 5) is 13.1. The largest absolute Gasteiger partial charge is 3.00 e. The van der Waals surface area contributed by atoms with Crippen molar-refractivity contribution >= 4 is 21.9 Å². The molecule has 0 bridgehead atoms. The minimum absolute atomic E-state index is 0. The Morgan fingerprint density at radius 3 is 1.71 bits per heavy atom.